The van der Waals surface area contributed by atoms with Gasteiger partial charge in [-0.1, -0.05) is 36.1 Å². The Morgan fingerprint density at radius 2 is 1.81 bits per heavy atom. The zero-order chi connectivity index (χ0) is 19.6. The van der Waals surface area contributed by atoms with Crippen molar-refractivity contribution in [3.05, 3.63) is 74.7 Å². The van der Waals surface area contributed by atoms with Crippen molar-refractivity contribution in [3.63, 3.8) is 0 Å². The molecule has 27 heavy (non-hydrogen) atoms. The Balaban J connectivity index is 1.82. The average molecular weight is 400 g/mol. The van der Waals surface area contributed by atoms with Crippen molar-refractivity contribution in [2.45, 2.75) is 6.42 Å². The molecule has 0 aliphatic carbocycles. The molecule has 1 amide bonds. The van der Waals surface area contributed by atoms with E-state index in [-0.39, 0.29) is 18.0 Å². The molecule has 7 nitrogen and oxygen atoms in total. The summed E-state index contributed by atoms with van der Waals surface area (Å²) < 4.78 is 0.360. The van der Waals surface area contributed by atoms with Gasteiger partial charge in [0.25, 0.3) is 11.6 Å². The number of benzene rings is 2. The molecule has 2 aromatic rings. The number of rotatable bonds is 5. The van der Waals surface area contributed by atoms with E-state index >= 15 is 0 Å². The van der Waals surface area contributed by atoms with Crippen LogP contribution in [0.15, 0.2) is 53.4 Å². The second-order valence-electron chi connectivity index (χ2n) is 5.60. The second kappa shape index (κ2) is 7.68. The van der Waals surface area contributed by atoms with E-state index < -0.39 is 10.9 Å². The highest BCUT2D eigenvalue weighted by Crippen LogP contribution is 2.36. The number of aliphatic carboxylic acids is 1. The number of nitro benzene ring substituents is 1. The minimum atomic E-state index is -0.931. The molecule has 1 fully saturated rings. The van der Waals surface area contributed by atoms with Crippen LogP contribution in [0.5, 0.6) is 0 Å². The Bertz CT molecular complexity index is 968. The normalized spacial score (nSPS) is 15.4. The van der Waals surface area contributed by atoms with Crippen LogP contribution in [0.1, 0.15) is 11.1 Å². The molecule has 1 aliphatic rings. The number of anilines is 1. The van der Waals surface area contributed by atoms with Crippen LogP contribution < -0.4 is 4.90 Å². The summed E-state index contributed by atoms with van der Waals surface area (Å²) in [6.07, 6.45) is 1.53. The van der Waals surface area contributed by atoms with E-state index in [1.807, 2.05) is 0 Å². The molecule has 0 bridgehead atoms. The Hall–Kier alpha value is -3.04. The maximum absolute atomic E-state index is 12.7. The summed E-state index contributed by atoms with van der Waals surface area (Å²) in [6.45, 7) is 0. The topological polar surface area (TPSA) is 101 Å². The monoisotopic (exact) mass is 400 g/mol. The highest BCUT2D eigenvalue weighted by molar-refractivity contribution is 8.27. The zero-order valence-corrected chi connectivity index (χ0v) is 15.3. The van der Waals surface area contributed by atoms with Crippen LogP contribution in [0.4, 0.5) is 11.4 Å². The van der Waals surface area contributed by atoms with Crippen molar-refractivity contribution in [2.24, 2.45) is 0 Å². The molecule has 1 heterocycles. The summed E-state index contributed by atoms with van der Waals surface area (Å²) in [7, 11) is 0. The largest absolute Gasteiger partial charge is 0.481 e. The third-order valence-corrected chi connectivity index (χ3v) is 5.05. The fourth-order valence-electron chi connectivity index (χ4n) is 2.47. The van der Waals surface area contributed by atoms with Gasteiger partial charge in [-0.05, 0) is 41.5 Å². The molecule has 0 saturated carbocycles. The third-order valence-electron chi connectivity index (χ3n) is 3.75. The lowest BCUT2D eigenvalue weighted by molar-refractivity contribution is -0.384. The van der Waals surface area contributed by atoms with Crippen molar-refractivity contribution in [3.8, 4) is 0 Å². The molecule has 1 aliphatic heterocycles. The van der Waals surface area contributed by atoms with Crippen LogP contribution in [0.25, 0.3) is 6.08 Å². The van der Waals surface area contributed by atoms with Gasteiger partial charge in [0.2, 0.25) is 0 Å². The first-order valence-electron chi connectivity index (χ1n) is 7.68. The molecule has 3 rings (SSSR count). The third kappa shape index (κ3) is 4.21. The molecular weight excluding hydrogens is 388 g/mol. The average Bonchev–Trinajstić information content (AvgIpc) is 2.89. The SMILES string of the molecule is O=C(O)Cc1ccc(N2C(=O)/C(=C/c3ccc([N+](=O)[O-])cc3)SC2=S)cc1. The number of non-ortho nitro benzene ring substituents is 1. The number of nitrogens with zero attached hydrogens (tertiary/aromatic N) is 2. The van der Waals surface area contributed by atoms with E-state index in [4.69, 9.17) is 17.3 Å². The van der Waals surface area contributed by atoms with Crippen molar-refractivity contribution >= 4 is 57.6 Å². The summed E-state index contributed by atoms with van der Waals surface area (Å²) in [5, 5.41) is 19.5. The standard InChI is InChI=1S/C18H12N2O5S2/c21-16(22)10-12-1-5-13(6-2-12)19-17(23)15(27-18(19)26)9-11-3-7-14(8-4-11)20(24)25/h1-9H,10H2,(H,21,22)/b15-9-. The lowest BCUT2D eigenvalue weighted by Crippen LogP contribution is -2.27. The van der Waals surface area contributed by atoms with E-state index in [2.05, 4.69) is 0 Å². The van der Waals surface area contributed by atoms with Crippen LogP contribution in [-0.4, -0.2) is 26.2 Å². The fraction of sp³-hybridized carbons (Fsp3) is 0.0556. The lowest BCUT2D eigenvalue weighted by atomic mass is 10.1. The molecule has 0 spiro atoms. The molecule has 2 aromatic carbocycles. The van der Waals surface area contributed by atoms with Crippen LogP contribution in [0.2, 0.25) is 0 Å². The van der Waals surface area contributed by atoms with Crippen LogP contribution in [0, 0.1) is 10.1 Å². The van der Waals surface area contributed by atoms with Gasteiger partial charge in [0, 0.05) is 12.1 Å². The van der Waals surface area contributed by atoms with E-state index in [0.29, 0.717) is 26.0 Å². The molecule has 0 radical (unpaired) electrons. The van der Waals surface area contributed by atoms with Crippen molar-refractivity contribution < 1.29 is 19.6 Å². The lowest BCUT2D eigenvalue weighted by Gasteiger charge is -2.14. The maximum Gasteiger partial charge on any atom is 0.307 e. The summed E-state index contributed by atoms with van der Waals surface area (Å²) in [6, 6.07) is 12.4. The molecule has 0 unspecified atom stereocenters. The smallest absolute Gasteiger partial charge is 0.307 e. The Morgan fingerprint density at radius 1 is 1.19 bits per heavy atom. The Morgan fingerprint density at radius 3 is 2.37 bits per heavy atom. The van der Waals surface area contributed by atoms with Gasteiger partial charge < -0.3 is 5.11 Å². The number of amides is 1. The number of hydrogen-bond donors (Lipinski definition) is 1. The van der Waals surface area contributed by atoms with Gasteiger partial charge in [0.05, 0.1) is 21.9 Å². The molecule has 9 heteroatoms. The number of carbonyl (C=O) groups excluding carboxylic acids is 1. The number of carbonyl (C=O) groups is 2. The minimum Gasteiger partial charge on any atom is -0.481 e. The van der Waals surface area contributed by atoms with Crippen molar-refractivity contribution in [1.82, 2.24) is 0 Å². The maximum atomic E-state index is 12.7. The number of nitro groups is 1. The van der Waals surface area contributed by atoms with E-state index in [0.717, 1.165) is 11.8 Å². The highest BCUT2D eigenvalue weighted by Gasteiger charge is 2.33. The molecule has 1 saturated heterocycles. The van der Waals surface area contributed by atoms with Gasteiger partial charge in [-0.2, -0.15) is 0 Å². The van der Waals surface area contributed by atoms with E-state index in [1.165, 1.54) is 17.0 Å². The summed E-state index contributed by atoms with van der Waals surface area (Å²) in [5.41, 5.74) is 1.80. The van der Waals surface area contributed by atoms with Crippen LogP contribution in [0.3, 0.4) is 0 Å². The Kier molecular flexibility index (Phi) is 5.33. The number of carboxylic acids is 1. The summed E-state index contributed by atoms with van der Waals surface area (Å²) in [4.78, 5) is 35.5. The van der Waals surface area contributed by atoms with Gasteiger partial charge in [-0.15, -0.1) is 0 Å². The van der Waals surface area contributed by atoms with E-state index in [9.17, 15) is 19.7 Å². The number of thiocarbonyl (C=S) groups is 1. The van der Waals surface area contributed by atoms with Gasteiger partial charge in [0.15, 0.2) is 4.32 Å². The second-order valence-corrected chi connectivity index (χ2v) is 7.28. The van der Waals surface area contributed by atoms with Crippen molar-refractivity contribution in [2.75, 3.05) is 4.90 Å². The highest BCUT2D eigenvalue weighted by atomic mass is 32.2. The minimum absolute atomic E-state index is 0.0267. The van der Waals surface area contributed by atoms with E-state index in [1.54, 1.807) is 42.5 Å². The number of carboxylic acid groups (broad SMARTS) is 1. The molecule has 0 atom stereocenters. The summed E-state index contributed by atoms with van der Waals surface area (Å²) in [5.74, 6) is -1.23. The van der Waals surface area contributed by atoms with Crippen molar-refractivity contribution in [1.29, 1.82) is 0 Å². The van der Waals surface area contributed by atoms with Gasteiger partial charge in [-0.25, -0.2) is 0 Å². The first-order valence-corrected chi connectivity index (χ1v) is 8.91. The first-order chi connectivity index (χ1) is 12.8. The summed E-state index contributed by atoms with van der Waals surface area (Å²) >= 11 is 6.43. The predicted octanol–water partition coefficient (Wildman–Crippen LogP) is 3.63. The molecule has 1 N–H and O–H groups in total. The molecule has 0 aromatic heterocycles. The quantitative estimate of drug-likeness (QED) is 0.354. The zero-order valence-electron chi connectivity index (χ0n) is 13.7. The Labute approximate surface area is 163 Å². The van der Waals surface area contributed by atoms with Gasteiger partial charge in [-0.3, -0.25) is 24.6 Å². The van der Waals surface area contributed by atoms with Gasteiger partial charge in [0.1, 0.15) is 0 Å². The van der Waals surface area contributed by atoms with Crippen LogP contribution in [-0.2, 0) is 16.0 Å². The number of thioether (sulfide) groups is 1. The fourth-order valence-corrected chi connectivity index (χ4v) is 3.77. The van der Waals surface area contributed by atoms with Crippen LogP contribution >= 0.6 is 24.0 Å². The predicted molar refractivity (Wildman–Crippen MR) is 107 cm³/mol. The molecular formula is C18H12N2O5S2. The molecule has 136 valence electrons. The number of hydrogen-bond acceptors (Lipinski definition) is 6. The van der Waals surface area contributed by atoms with Gasteiger partial charge >= 0.3 is 5.97 Å². The first kappa shape index (κ1) is 18.7.